The molecule has 0 saturated heterocycles. The van der Waals surface area contributed by atoms with Gasteiger partial charge in [0.25, 0.3) is 0 Å². The van der Waals surface area contributed by atoms with Crippen LogP contribution in [0.2, 0.25) is 0 Å². The first-order valence-corrected chi connectivity index (χ1v) is 18.8. The van der Waals surface area contributed by atoms with Crippen LogP contribution in [0.15, 0.2) is 35.4 Å². The molecule has 4 aliphatic rings. The van der Waals surface area contributed by atoms with Gasteiger partial charge in [0.05, 0.1) is 30.9 Å². The third-order valence-electron chi connectivity index (χ3n) is 9.97. The summed E-state index contributed by atoms with van der Waals surface area (Å²) in [6.45, 7) is 0. The van der Waals surface area contributed by atoms with Crippen molar-refractivity contribution in [2.45, 2.75) is 75.0 Å². The van der Waals surface area contributed by atoms with Gasteiger partial charge in [0.1, 0.15) is 45.4 Å². The first kappa shape index (κ1) is 29.3. The number of fused-ring (bicyclic) bond motifs is 8. The lowest BCUT2D eigenvalue weighted by atomic mass is 9.68. The molecule has 0 amide bonds. The minimum absolute atomic E-state index is 0.0935. The van der Waals surface area contributed by atoms with Gasteiger partial charge in [-0.05, 0) is 73.2 Å². The number of thiazole rings is 2. The monoisotopic (exact) mass is 670 g/mol. The highest BCUT2D eigenvalue weighted by Crippen LogP contribution is 2.71. The quantitative estimate of drug-likeness (QED) is 0.199. The molecule has 4 aromatic heterocycles. The SMILES string of the molecule is N#CC(C#N)=Cc1ccc(-c2nc3c(s2)C2=C(c4sc(-c5ccc(C=C(C#N)C#N)s5)nc4C24CCCCC4)C32CCCCC2)s1. The van der Waals surface area contributed by atoms with Gasteiger partial charge in [-0.25, -0.2) is 9.97 Å². The van der Waals surface area contributed by atoms with Crippen LogP contribution in [0.1, 0.15) is 95.1 Å². The van der Waals surface area contributed by atoms with Crippen LogP contribution in [0.5, 0.6) is 0 Å². The predicted octanol–water partition coefficient (Wildman–Crippen LogP) is 10.3. The molecule has 10 heteroatoms. The zero-order valence-electron chi connectivity index (χ0n) is 24.9. The number of hydrogen-bond acceptors (Lipinski definition) is 10. The van der Waals surface area contributed by atoms with Gasteiger partial charge in [-0.15, -0.1) is 45.3 Å². The Hall–Kier alpha value is -4.16. The van der Waals surface area contributed by atoms with Crippen LogP contribution in [0.4, 0.5) is 0 Å². The van der Waals surface area contributed by atoms with Crippen LogP contribution in [0.3, 0.4) is 0 Å². The van der Waals surface area contributed by atoms with E-state index in [9.17, 15) is 21.0 Å². The Morgan fingerprint density at radius 2 is 0.957 bits per heavy atom. The highest BCUT2D eigenvalue weighted by molar-refractivity contribution is 7.24. The first-order chi connectivity index (χ1) is 22.5. The van der Waals surface area contributed by atoms with E-state index in [4.69, 9.17) is 9.97 Å². The van der Waals surface area contributed by atoms with Crippen molar-refractivity contribution >= 4 is 68.6 Å². The summed E-state index contributed by atoms with van der Waals surface area (Å²) in [6, 6.07) is 16.0. The molecule has 4 aromatic rings. The zero-order chi connectivity index (χ0) is 31.5. The Balaban J connectivity index is 1.28. The Morgan fingerprint density at radius 1 is 0.565 bits per heavy atom. The van der Waals surface area contributed by atoms with Gasteiger partial charge in [0, 0.05) is 20.6 Å². The van der Waals surface area contributed by atoms with Crippen molar-refractivity contribution in [3.05, 3.63) is 66.3 Å². The van der Waals surface area contributed by atoms with E-state index in [2.05, 4.69) is 12.1 Å². The molecule has 2 fully saturated rings. The highest BCUT2D eigenvalue weighted by atomic mass is 32.1. The van der Waals surface area contributed by atoms with E-state index in [1.807, 2.05) is 59.1 Å². The third-order valence-corrected chi connectivity index (χ3v) is 14.5. The van der Waals surface area contributed by atoms with Crippen LogP contribution < -0.4 is 0 Å². The summed E-state index contributed by atoms with van der Waals surface area (Å²) in [5.41, 5.74) is 5.61. The standard InChI is InChI=1S/C36H26N6S4/c37-17-21(18-38)15-23-7-9-25(43-23)33-41-31-30(46-33)28-27(35(31)11-3-1-4-12-35)29-32(36(28)13-5-2-6-14-36)42-34(45-29)26-10-8-24(44-26)16-22(19-39)20-40/h7-10,15-16H,1-6,11-14H2. The summed E-state index contributed by atoms with van der Waals surface area (Å²) in [7, 11) is 0. The summed E-state index contributed by atoms with van der Waals surface area (Å²) in [5, 5.41) is 39.1. The lowest BCUT2D eigenvalue weighted by Crippen LogP contribution is -2.29. The number of allylic oxidation sites excluding steroid dienone is 4. The zero-order valence-corrected chi connectivity index (χ0v) is 28.1. The van der Waals surface area contributed by atoms with Gasteiger partial charge in [-0.3, -0.25) is 0 Å². The molecule has 2 spiro atoms. The fourth-order valence-corrected chi connectivity index (χ4v) is 12.7. The van der Waals surface area contributed by atoms with Crippen LogP contribution in [0.25, 0.3) is 43.1 Å². The maximum atomic E-state index is 9.25. The summed E-state index contributed by atoms with van der Waals surface area (Å²) >= 11 is 6.84. The van der Waals surface area contributed by atoms with E-state index in [1.54, 1.807) is 34.8 Å². The van der Waals surface area contributed by atoms with Gasteiger partial charge in [-0.1, -0.05) is 38.5 Å². The molecular weight excluding hydrogens is 645 g/mol. The lowest BCUT2D eigenvalue weighted by Gasteiger charge is -2.35. The van der Waals surface area contributed by atoms with Crippen LogP contribution in [-0.4, -0.2) is 9.97 Å². The molecule has 0 N–H and O–H groups in total. The fraction of sp³-hybridized carbons (Fsp3) is 0.333. The van der Waals surface area contributed by atoms with Gasteiger partial charge in [0.2, 0.25) is 0 Å². The number of aromatic nitrogens is 2. The first-order valence-electron chi connectivity index (χ1n) is 15.6. The van der Waals surface area contributed by atoms with Crippen molar-refractivity contribution in [1.29, 1.82) is 21.0 Å². The van der Waals surface area contributed by atoms with Gasteiger partial charge < -0.3 is 0 Å². The average Bonchev–Trinajstić information content (AvgIpc) is 3.93. The van der Waals surface area contributed by atoms with Gasteiger partial charge in [0.15, 0.2) is 0 Å². The molecule has 0 unspecified atom stereocenters. The third kappa shape index (κ3) is 4.33. The average molecular weight is 671 g/mol. The maximum Gasteiger partial charge on any atom is 0.134 e. The molecule has 46 heavy (non-hydrogen) atoms. The molecule has 8 rings (SSSR count). The largest absolute Gasteiger partial charge is 0.239 e. The van der Waals surface area contributed by atoms with Crippen LogP contribution in [-0.2, 0) is 10.8 Å². The number of nitrogens with zero attached hydrogens (tertiary/aromatic N) is 6. The van der Waals surface area contributed by atoms with E-state index in [1.165, 1.54) is 70.8 Å². The van der Waals surface area contributed by atoms with Gasteiger partial charge in [-0.2, -0.15) is 21.0 Å². The van der Waals surface area contributed by atoms with Crippen molar-refractivity contribution in [1.82, 2.24) is 9.97 Å². The van der Waals surface area contributed by atoms with Crippen molar-refractivity contribution in [3.63, 3.8) is 0 Å². The molecule has 6 nitrogen and oxygen atoms in total. The minimum Gasteiger partial charge on any atom is -0.239 e. The van der Waals surface area contributed by atoms with Crippen LogP contribution >= 0.6 is 45.3 Å². The van der Waals surface area contributed by atoms with E-state index in [-0.39, 0.29) is 22.0 Å². The molecule has 4 aliphatic carbocycles. The summed E-state index contributed by atoms with van der Waals surface area (Å²) in [6.07, 6.45) is 15.0. The number of hydrogen-bond donors (Lipinski definition) is 0. The second-order valence-electron chi connectivity index (χ2n) is 12.4. The maximum absolute atomic E-state index is 9.25. The minimum atomic E-state index is -0.0935. The molecule has 224 valence electrons. The smallest absolute Gasteiger partial charge is 0.134 e. The van der Waals surface area contributed by atoms with E-state index in [0.717, 1.165) is 55.2 Å². The molecule has 4 heterocycles. The molecular formula is C36H26N6S4. The Bertz CT molecular complexity index is 1990. The summed E-state index contributed by atoms with van der Waals surface area (Å²) < 4.78 is 0. The van der Waals surface area contributed by atoms with Crippen molar-refractivity contribution < 1.29 is 0 Å². The molecule has 2 saturated carbocycles. The van der Waals surface area contributed by atoms with Gasteiger partial charge >= 0.3 is 0 Å². The Morgan fingerprint density at radius 3 is 1.33 bits per heavy atom. The second-order valence-corrected chi connectivity index (χ2v) is 16.6. The van der Waals surface area contributed by atoms with Crippen molar-refractivity contribution in [2.75, 3.05) is 0 Å². The van der Waals surface area contributed by atoms with E-state index >= 15 is 0 Å². The van der Waals surface area contributed by atoms with E-state index < -0.39 is 0 Å². The van der Waals surface area contributed by atoms with Crippen molar-refractivity contribution in [2.24, 2.45) is 0 Å². The molecule has 0 aromatic carbocycles. The number of thiophene rings is 2. The second kappa shape index (κ2) is 11.3. The molecule has 0 aliphatic heterocycles. The molecule has 0 radical (unpaired) electrons. The summed E-state index contributed by atoms with van der Waals surface area (Å²) in [5.74, 6) is 0. The highest BCUT2D eigenvalue weighted by Gasteiger charge is 2.60. The molecule has 0 bridgehead atoms. The Kier molecular flexibility index (Phi) is 7.17. The van der Waals surface area contributed by atoms with Crippen LogP contribution in [0, 0.1) is 45.3 Å². The Labute approximate surface area is 283 Å². The predicted molar refractivity (Wildman–Crippen MR) is 186 cm³/mol. The summed E-state index contributed by atoms with van der Waals surface area (Å²) in [4.78, 5) is 17.6. The lowest BCUT2D eigenvalue weighted by molar-refractivity contribution is 0.366. The fourth-order valence-electron chi connectivity index (χ4n) is 8.05. The van der Waals surface area contributed by atoms with E-state index in [0.29, 0.717) is 0 Å². The van der Waals surface area contributed by atoms with Crippen molar-refractivity contribution in [3.8, 4) is 44.0 Å². The topological polar surface area (TPSA) is 121 Å². The number of rotatable bonds is 4. The molecule has 0 atom stereocenters. The number of nitriles is 4. The normalized spacial score (nSPS) is 18.2.